The van der Waals surface area contributed by atoms with Gasteiger partial charge in [0.05, 0.1) is 25.1 Å². The van der Waals surface area contributed by atoms with Gasteiger partial charge in [-0.1, -0.05) is 18.2 Å². The second-order valence-corrected chi connectivity index (χ2v) is 4.46. The molecule has 0 spiro atoms. The van der Waals surface area contributed by atoms with Gasteiger partial charge in [-0.15, -0.1) is 0 Å². The summed E-state index contributed by atoms with van der Waals surface area (Å²) in [6, 6.07) is 10.2. The van der Waals surface area contributed by atoms with Crippen molar-refractivity contribution in [3.63, 3.8) is 0 Å². The van der Waals surface area contributed by atoms with Crippen molar-refractivity contribution in [2.45, 2.75) is 13.0 Å². The molecule has 18 heavy (non-hydrogen) atoms. The monoisotopic (exact) mass is 247 g/mol. The summed E-state index contributed by atoms with van der Waals surface area (Å²) in [5.41, 5.74) is 6.93. The summed E-state index contributed by atoms with van der Waals surface area (Å²) in [6.45, 7) is 3.09. The van der Waals surface area contributed by atoms with Crippen LogP contribution in [0.1, 0.15) is 18.5 Å². The molecule has 0 radical (unpaired) electrons. The highest BCUT2D eigenvalue weighted by atomic mass is 16.5. The lowest BCUT2D eigenvalue weighted by Gasteiger charge is -2.29. The zero-order chi connectivity index (χ0) is 13.5. The van der Waals surface area contributed by atoms with Gasteiger partial charge in [0, 0.05) is 18.7 Å². The Balaban J connectivity index is 2.92. The zero-order valence-electron chi connectivity index (χ0n) is 11.3. The molecule has 0 fully saturated rings. The van der Waals surface area contributed by atoms with Crippen LogP contribution in [0.15, 0.2) is 24.3 Å². The molecular formula is C14H21N3O. The van der Waals surface area contributed by atoms with Gasteiger partial charge >= 0.3 is 0 Å². The largest absolute Gasteiger partial charge is 0.496 e. The first-order chi connectivity index (χ1) is 8.63. The van der Waals surface area contributed by atoms with Crippen LogP contribution in [0.2, 0.25) is 0 Å². The van der Waals surface area contributed by atoms with Crippen molar-refractivity contribution in [3.05, 3.63) is 29.8 Å². The van der Waals surface area contributed by atoms with Crippen molar-refractivity contribution in [1.82, 2.24) is 4.90 Å². The lowest BCUT2D eigenvalue weighted by molar-refractivity contribution is 0.229. The molecule has 0 amide bonds. The standard InChI is InChI=1S/C14H21N3O/c1-11(8-15)10-17(2)13(9-16)12-6-4-5-7-14(12)18-3/h4-7,11,13H,9-10,16H2,1-3H3. The Morgan fingerprint density at radius 2 is 2.11 bits per heavy atom. The molecule has 0 saturated heterocycles. The molecule has 0 aliphatic rings. The van der Waals surface area contributed by atoms with Gasteiger partial charge in [-0.25, -0.2) is 0 Å². The highest BCUT2D eigenvalue weighted by Gasteiger charge is 2.20. The molecule has 2 unspecified atom stereocenters. The van der Waals surface area contributed by atoms with Gasteiger partial charge in [0.2, 0.25) is 0 Å². The van der Waals surface area contributed by atoms with Crippen LogP contribution in [0.25, 0.3) is 0 Å². The molecule has 4 nitrogen and oxygen atoms in total. The summed E-state index contributed by atoms with van der Waals surface area (Å²) in [5, 5.41) is 8.88. The molecule has 1 aromatic carbocycles. The fourth-order valence-electron chi connectivity index (χ4n) is 2.09. The average molecular weight is 247 g/mol. The predicted octanol–water partition coefficient (Wildman–Crippen LogP) is 1.79. The quantitative estimate of drug-likeness (QED) is 0.832. The topological polar surface area (TPSA) is 62.3 Å². The molecule has 0 aliphatic heterocycles. The van der Waals surface area contributed by atoms with E-state index in [9.17, 15) is 0 Å². The number of methoxy groups -OCH3 is 1. The van der Waals surface area contributed by atoms with Crippen molar-refractivity contribution >= 4 is 0 Å². The van der Waals surface area contributed by atoms with Crippen molar-refractivity contribution in [2.75, 3.05) is 27.2 Å². The number of hydrogen-bond acceptors (Lipinski definition) is 4. The summed E-state index contributed by atoms with van der Waals surface area (Å²) >= 11 is 0. The van der Waals surface area contributed by atoms with Crippen LogP contribution in [-0.2, 0) is 0 Å². The van der Waals surface area contributed by atoms with Crippen LogP contribution < -0.4 is 10.5 Å². The number of para-hydroxylation sites is 1. The summed E-state index contributed by atoms with van der Waals surface area (Å²) in [5.74, 6) is 0.822. The fourth-order valence-corrected chi connectivity index (χ4v) is 2.09. The van der Waals surface area contributed by atoms with E-state index in [2.05, 4.69) is 11.0 Å². The van der Waals surface area contributed by atoms with Crippen molar-refractivity contribution < 1.29 is 4.74 Å². The third-order valence-electron chi connectivity index (χ3n) is 3.04. The number of hydrogen-bond donors (Lipinski definition) is 1. The Hall–Kier alpha value is -1.57. The Labute approximate surface area is 109 Å². The predicted molar refractivity (Wildman–Crippen MR) is 72.2 cm³/mol. The maximum absolute atomic E-state index is 8.88. The summed E-state index contributed by atoms with van der Waals surface area (Å²) in [7, 11) is 3.64. The Morgan fingerprint density at radius 1 is 1.44 bits per heavy atom. The van der Waals surface area contributed by atoms with Gasteiger partial charge in [0.1, 0.15) is 5.75 Å². The number of nitrogens with zero attached hydrogens (tertiary/aromatic N) is 2. The molecular weight excluding hydrogens is 226 g/mol. The lowest BCUT2D eigenvalue weighted by atomic mass is 10.0. The van der Waals surface area contributed by atoms with E-state index in [1.807, 2.05) is 38.2 Å². The SMILES string of the molecule is COc1ccccc1C(CN)N(C)CC(C)C#N. The van der Waals surface area contributed by atoms with E-state index in [-0.39, 0.29) is 12.0 Å². The fraction of sp³-hybridized carbons (Fsp3) is 0.500. The number of ether oxygens (including phenoxy) is 1. The van der Waals surface area contributed by atoms with Gasteiger partial charge in [-0.2, -0.15) is 5.26 Å². The number of rotatable bonds is 6. The zero-order valence-corrected chi connectivity index (χ0v) is 11.3. The van der Waals surface area contributed by atoms with Gasteiger partial charge in [-0.3, -0.25) is 4.90 Å². The van der Waals surface area contributed by atoms with Gasteiger partial charge in [0.15, 0.2) is 0 Å². The van der Waals surface area contributed by atoms with Crippen molar-refractivity contribution in [2.24, 2.45) is 11.7 Å². The highest BCUT2D eigenvalue weighted by molar-refractivity contribution is 5.36. The summed E-state index contributed by atoms with van der Waals surface area (Å²) in [4.78, 5) is 2.10. The maximum atomic E-state index is 8.88. The molecule has 98 valence electrons. The van der Waals surface area contributed by atoms with Crippen LogP contribution in [-0.4, -0.2) is 32.1 Å². The molecule has 0 bridgehead atoms. The van der Waals surface area contributed by atoms with E-state index in [0.29, 0.717) is 13.1 Å². The van der Waals surface area contributed by atoms with Crippen molar-refractivity contribution in [3.8, 4) is 11.8 Å². The van der Waals surface area contributed by atoms with E-state index < -0.39 is 0 Å². The van der Waals surface area contributed by atoms with E-state index in [1.165, 1.54) is 0 Å². The minimum atomic E-state index is -0.0150. The molecule has 0 saturated carbocycles. The van der Waals surface area contributed by atoms with E-state index >= 15 is 0 Å². The minimum Gasteiger partial charge on any atom is -0.496 e. The van der Waals surface area contributed by atoms with Gasteiger partial charge in [-0.05, 0) is 20.0 Å². The molecule has 1 rings (SSSR count). The first kappa shape index (κ1) is 14.5. The Kier molecular flexibility index (Phi) is 5.63. The molecule has 2 N–H and O–H groups in total. The summed E-state index contributed by atoms with van der Waals surface area (Å²) < 4.78 is 5.36. The molecule has 2 atom stereocenters. The maximum Gasteiger partial charge on any atom is 0.123 e. The van der Waals surface area contributed by atoms with Crippen LogP contribution >= 0.6 is 0 Å². The third-order valence-corrected chi connectivity index (χ3v) is 3.04. The van der Waals surface area contributed by atoms with Crippen LogP contribution in [0.4, 0.5) is 0 Å². The van der Waals surface area contributed by atoms with Crippen LogP contribution in [0.3, 0.4) is 0 Å². The first-order valence-corrected chi connectivity index (χ1v) is 6.06. The van der Waals surface area contributed by atoms with Crippen LogP contribution in [0, 0.1) is 17.2 Å². The number of nitriles is 1. The van der Waals surface area contributed by atoms with Crippen molar-refractivity contribution in [1.29, 1.82) is 5.26 Å². The van der Waals surface area contributed by atoms with Crippen LogP contribution in [0.5, 0.6) is 5.75 Å². The molecule has 1 aromatic rings. The molecule has 0 heterocycles. The summed E-state index contributed by atoms with van der Waals surface area (Å²) in [6.07, 6.45) is 0. The molecule has 0 aliphatic carbocycles. The van der Waals surface area contributed by atoms with E-state index in [0.717, 1.165) is 11.3 Å². The highest BCUT2D eigenvalue weighted by Crippen LogP contribution is 2.28. The van der Waals surface area contributed by atoms with Gasteiger partial charge in [0.25, 0.3) is 0 Å². The second-order valence-electron chi connectivity index (χ2n) is 4.46. The smallest absolute Gasteiger partial charge is 0.123 e. The third kappa shape index (κ3) is 3.46. The number of nitrogens with two attached hydrogens (primary N) is 1. The molecule has 4 heteroatoms. The number of benzene rings is 1. The normalized spacial score (nSPS) is 14.0. The Morgan fingerprint density at radius 3 is 2.67 bits per heavy atom. The Bertz CT molecular complexity index is 414. The van der Waals surface area contributed by atoms with Gasteiger partial charge < -0.3 is 10.5 Å². The van der Waals surface area contributed by atoms with E-state index in [4.69, 9.17) is 15.7 Å². The number of likely N-dealkylation sites (N-methyl/N-ethyl adjacent to an activating group) is 1. The average Bonchev–Trinajstić information content (AvgIpc) is 2.40. The van der Waals surface area contributed by atoms with E-state index in [1.54, 1.807) is 7.11 Å². The second kappa shape index (κ2) is 7.00. The lowest BCUT2D eigenvalue weighted by Crippen LogP contribution is -2.33. The molecule has 0 aromatic heterocycles. The first-order valence-electron chi connectivity index (χ1n) is 6.06. The minimum absolute atomic E-state index is 0.0150.